The maximum absolute atomic E-state index is 12.8. The number of nitrogens with zero attached hydrogens (tertiary/aromatic N) is 1. The van der Waals surface area contributed by atoms with Crippen molar-refractivity contribution >= 4 is 24.2 Å². The third-order valence-corrected chi connectivity index (χ3v) is 5.06. The number of rotatable bonds is 12. The second kappa shape index (κ2) is 12.2. The van der Waals surface area contributed by atoms with E-state index in [1.165, 1.54) is 6.07 Å². The molecule has 9 heteroatoms. The Labute approximate surface area is 191 Å². The first kappa shape index (κ1) is 23.8. The summed E-state index contributed by atoms with van der Waals surface area (Å²) in [5, 5.41) is 15.3. The van der Waals surface area contributed by atoms with Crippen molar-refractivity contribution in [2.45, 2.75) is 38.0 Å². The highest BCUT2D eigenvalue weighted by Crippen LogP contribution is 2.21. The number of aromatic hydroxyl groups is 1. The van der Waals surface area contributed by atoms with Crippen LogP contribution in [-0.4, -0.2) is 54.5 Å². The van der Waals surface area contributed by atoms with E-state index in [9.17, 15) is 19.5 Å². The standard InChI is InChI=1S/C24H27N3O6/c28-16-25-13-7-6-11-19(24(31)33-14-17-8-2-1-3-9-17)26-22(30)20-15-32-23(27-20)18-10-4-5-12-21(18)29/h1-5,8-10,12,16,19-20,29H,6-7,11,13-15H2,(H,25,28)(H,26,30)/t19-,20-/m0/s1. The van der Waals surface area contributed by atoms with Gasteiger partial charge in [0.05, 0.1) is 5.56 Å². The van der Waals surface area contributed by atoms with Crippen molar-refractivity contribution in [3.8, 4) is 5.75 Å². The molecule has 3 N–H and O–H groups in total. The number of phenols is 1. The Hall–Kier alpha value is -3.88. The highest BCUT2D eigenvalue weighted by atomic mass is 16.5. The lowest BCUT2D eigenvalue weighted by Gasteiger charge is -2.19. The minimum atomic E-state index is -0.859. The number of unbranched alkanes of at least 4 members (excludes halogenated alkanes) is 1. The van der Waals surface area contributed by atoms with Gasteiger partial charge < -0.3 is 25.2 Å². The Kier molecular flexibility index (Phi) is 8.81. The largest absolute Gasteiger partial charge is 0.507 e. The van der Waals surface area contributed by atoms with E-state index in [0.717, 1.165) is 5.56 Å². The topological polar surface area (TPSA) is 126 Å². The van der Waals surface area contributed by atoms with E-state index in [2.05, 4.69) is 15.6 Å². The van der Waals surface area contributed by atoms with Crippen molar-refractivity contribution in [1.82, 2.24) is 10.6 Å². The van der Waals surface area contributed by atoms with Crippen LogP contribution in [0.1, 0.15) is 30.4 Å². The van der Waals surface area contributed by atoms with Crippen molar-refractivity contribution in [2.24, 2.45) is 4.99 Å². The molecule has 2 amide bonds. The number of nitrogens with one attached hydrogen (secondary N) is 2. The summed E-state index contributed by atoms with van der Waals surface area (Å²) in [7, 11) is 0. The van der Waals surface area contributed by atoms with E-state index in [1.807, 2.05) is 30.3 Å². The smallest absolute Gasteiger partial charge is 0.328 e. The van der Waals surface area contributed by atoms with E-state index in [0.29, 0.717) is 37.8 Å². The van der Waals surface area contributed by atoms with Crippen LogP contribution in [0.25, 0.3) is 0 Å². The molecule has 2 aromatic rings. The predicted molar refractivity (Wildman–Crippen MR) is 120 cm³/mol. The molecular formula is C24H27N3O6. The normalized spacial score (nSPS) is 15.6. The predicted octanol–water partition coefficient (Wildman–Crippen LogP) is 1.68. The molecule has 0 saturated carbocycles. The number of aliphatic imine (C=N–C) groups is 1. The summed E-state index contributed by atoms with van der Waals surface area (Å²) in [6.07, 6.45) is 2.22. The monoisotopic (exact) mass is 453 g/mol. The summed E-state index contributed by atoms with van der Waals surface area (Å²) in [6.45, 7) is 0.583. The van der Waals surface area contributed by atoms with Gasteiger partial charge in [-0.3, -0.25) is 9.59 Å². The van der Waals surface area contributed by atoms with Crippen LogP contribution in [0.15, 0.2) is 59.6 Å². The van der Waals surface area contributed by atoms with Gasteiger partial charge in [0.25, 0.3) is 0 Å². The number of carbonyl (C=O) groups is 3. The van der Waals surface area contributed by atoms with Crippen molar-refractivity contribution in [1.29, 1.82) is 0 Å². The molecule has 9 nitrogen and oxygen atoms in total. The molecule has 3 rings (SSSR count). The summed E-state index contributed by atoms with van der Waals surface area (Å²) < 4.78 is 10.9. The fourth-order valence-electron chi connectivity index (χ4n) is 3.29. The van der Waals surface area contributed by atoms with Crippen LogP contribution in [0.4, 0.5) is 0 Å². The molecule has 2 aromatic carbocycles. The molecule has 2 atom stereocenters. The fraction of sp³-hybridized carbons (Fsp3) is 0.333. The first-order valence-electron chi connectivity index (χ1n) is 10.8. The molecule has 0 spiro atoms. The van der Waals surface area contributed by atoms with Gasteiger partial charge in [0, 0.05) is 6.54 Å². The Balaban J connectivity index is 1.61. The summed E-state index contributed by atoms with van der Waals surface area (Å²) in [5.41, 5.74) is 1.24. The molecule has 1 aliphatic heterocycles. The van der Waals surface area contributed by atoms with Gasteiger partial charge >= 0.3 is 5.97 Å². The van der Waals surface area contributed by atoms with Gasteiger partial charge in [-0.05, 0) is 37.0 Å². The zero-order valence-electron chi connectivity index (χ0n) is 18.1. The van der Waals surface area contributed by atoms with Gasteiger partial charge in [-0.2, -0.15) is 0 Å². The minimum absolute atomic E-state index is 0.00334. The molecular weight excluding hydrogens is 426 g/mol. The van der Waals surface area contributed by atoms with Crippen molar-refractivity contribution in [3.05, 3.63) is 65.7 Å². The number of esters is 1. The third-order valence-electron chi connectivity index (χ3n) is 5.06. The second-order valence-electron chi connectivity index (χ2n) is 7.50. The molecule has 0 fully saturated rings. The number of carbonyl (C=O) groups excluding carboxylic acids is 3. The van der Waals surface area contributed by atoms with Crippen LogP contribution < -0.4 is 10.6 Å². The summed E-state index contributed by atoms with van der Waals surface area (Å²) in [5.74, 6) is -0.826. The average Bonchev–Trinajstić information content (AvgIpc) is 3.33. The van der Waals surface area contributed by atoms with Gasteiger partial charge in [-0.15, -0.1) is 0 Å². The highest BCUT2D eigenvalue weighted by molar-refractivity contribution is 6.00. The van der Waals surface area contributed by atoms with Crippen molar-refractivity contribution in [3.63, 3.8) is 0 Å². The fourth-order valence-corrected chi connectivity index (χ4v) is 3.29. The van der Waals surface area contributed by atoms with Gasteiger partial charge in [0.15, 0.2) is 6.04 Å². The minimum Gasteiger partial charge on any atom is -0.507 e. The molecule has 0 bridgehead atoms. The van der Waals surface area contributed by atoms with Crippen molar-refractivity contribution in [2.75, 3.05) is 13.2 Å². The Morgan fingerprint density at radius 1 is 1.15 bits per heavy atom. The van der Waals surface area contributed by atoms with Crippen molar-refractivity contribution < 1.29 is 29.0 Å². The molecule has 1 aliphatic rings. The molecule has 0 saturated heterocycles. The lowest BCUT2D eigenvalue weighted by Crippen LogP contribution is -2.46. The Bertz CT molecular complexity index is 979. The van der Waals surface area contributed by atoms with E-state index in [4.69, 9.17) is 9.47 Å². The molecule has 0 aromatic heterocycles. The lowest BCUT2D eigenvalue weighted by molar-refractivity contribution is -0.149. The summed E-state index contributed by atoms with van der Waals surface area (Å²) >= 11 is 0. The molecule has 0 radical (unpaired) electrons. The zero-order valence-corrected chi connectivity index (χ0v) is 18.1. The van der Waals surface area contributed by atoms with Gasteiger partial charge in [-0.25, -0.2) is 9.79 Å². The van der Waals surface area contributed by atoms with E-state index >= 15 is 0 Å². The second-order valence-corrected chi connectivity index (χ2v) is 7.50. The summed E-state index contributed by atoms with van der Waals surface area (Å²) in [4.78, 5) is 40.2. The first-order chi connectivity index (χ1) is 16.1. The first-order valence-corrected chi connectivity index (χ1v) is 10.8. The number of phenolic OH excluding ortho intramolecular Hbond substituents is 1. The molecule has 0 aliphatic carbocycles. The van der Waals surface area contributed by atoms with Gasteiger partial charge in [0.2, 0.25) is 18.2 Å². The number of hydrogen-bond donors (Lipinski definition) is 3. The van der Waals surface area contributed by atoms with E-state index in [1.54, 1.807) is 18.2 Å². The number of benzene rings is 2. The molecule has 1 heterocycles. The SMILES string of the molecule is O=CNCCCC[C@H](NC(=O)[C@@H]1COC(c2ccccc2O)=N1)C(=O)OCc1ccccc1. The molecule has 33 heavy (non-hydrogen) atoms. The average molecular weight is 453 g/mol. The van der Waals surface area contributed by atoms with E-state index in [-0.39, 0.29) is 24.9 Å². The maximum Gasteiger partial charge on any atom is 0.328 e. The number of hydrogen-bond acceptors (Lipinski definition) is 7. The van der Waals surface area contributed by atoms with Crippen LogP contribution in [0.2, 0.25) is 0 Å². The van der Waals surface area contributed by atoms with Crippen LogP contribution in [-0.2, 0) is 30.5 Å². The van der Waals surface area contributed by atoms with Gasteiger partial charge in [0.1, 0.15) is 25.0 Å². The molecule has 0 unspecified atom stereocenters. The summed E-state index contributed by atoms with van der Waals surface area (Å²) in [6, 6.07) is 14.1. The third kappa shape index (κ3) is 7.06. The zero-order chi connectivity index (χ0) is 23.5. The van der Waals surface area contributed by atoms with Gasteiger partial charge in [-0.1, -0.05) is 42.5 Å². The highest BCUT2D eigenvalue weighted by Gasteiger charge is 2.31. The number of para-hydroxylation sites is 1. The number of amides is 2. The number of ether oxygens (including phenoxy) is 2. The quantitative estimate of drug-likeness (QED) is 0.255. The van der Waals surface area contributed by atoms with Crippen LogP contribution in [0.5, 0.6) is 5.75 Å². The Morgan fingerprint density at radius 2 is 1.91 bits per heavy atom. The Morgan fingerprint density at radius 3 is 2.67 bits per heavy atom. The van der Waals surface area contributed by atoms with Crippen LogP contribution >= 0.6 is 0 Å². The molecule has 174 valence electrons. The maximum atomic E-state index is 12.8. The van der Waals surface area contributed by atoms with Crippen LogP contribution in [0, 0.1) is 0 Å². The van der Waals surface area contributed by atoms with Crippen LogP contribution in [0.3, 0.4) is 0 Å². The van der Waals surface area contributed by atoms with E-state index < -0.39 is 24.0 Å². The lowest BCUT2D eigenvalue weighted by atomic mass is 10.1.